The molecule has 0 aromatic heterocycles. The highest BCUT2D eigenvalue weighted by atomic mass is 35.5. The Labute approximate surface area is 184 Å². The van der Waals surface area contributed by atoms with Gasteiger partial charge in [0.25, 0.3) is 0 Å². The van der Waals surface area contributed by atoms with Crippen LogP contribution in [0.4, 0.5) is 11.4 Å². The zero-order chi connectivity index (χ0) is 20.4. The van der Waals surface area contributed by atoms with E-state index < -0.39 is 0 Å². The second kappa shape index (κ2) is 9.20. The monoisotopic (exact) mass is 448 g/mol. The number of thioether (sulfide) groups is 2. The van der Waals surface area contributed by atoms with Gasteiger partial charge in [-0.2, -0.15) is 0 Å². The van der Waals surface area contributed by atoms with Crippen LogP contribution in [-0.4, -0.2) is 35.0 Å². The Kier molecular flexibility index (Phi) is 6.63. The molecule has 0 aliphatic carbocycles. The molecule has 29 heavy (non-hydrogen) atoms. The topological polar surface area (TPSA) is 53.0 Å². The number of hydrogen-bond acceptors (Lipinski definition) is 7. The molecule has 0 spiro atoms. The van der Waals surface area contributed by atoms with Crippen molar-refractivity contribution < 1.29 is 5.21 Å². The van der Waals surface area contributed by atoms with Crippen molar-refractivity contribution in [2.45, 2.75) is 24.8 Å². The van der Waals surface area contributed by atoms with Crippen molar-refractivity contribution in [1.82, 2.24) is 4.90 Å². The Hall–Kier alpha value is -1.35. The number of rotatable bonds is 5. The van der Waals surface area contributed by atoms with Gasteiger partial charge >= 0.3 is 0 Å². The molecule has 0 amide bonds. The molecule has 2 aliphatic heterocycles. The first-order chi connectivity index (χ1) is 14.1. The van der Waals surface area contributed by atoms with Crippen LogP contribution in [0, 0.1) is 5.21 Å². The van der Waals surface area contributed by atoms with Gasteiger partial charge in [0.15, 0.2) is 0 Å². The van der Waals surface area contributed by atoms with Crippen molar-refractivity contribution in [1.29, 1.82) is 0 Å². The Morgan fingerprint density at radius 2 is 1.72 bits per heavy atom. The Morgan fingerprint density at radius 1 is 1.07 bits per heavy atom. The highest BCUT2D eigenvalue weighted by Gasteiger charge is 2.38. The maximum Gasteiger partial charge on any atom is 0.140 e. The van der Waals surface area contributed by atoms with Crippen molar-refractivity contribution in [2.24, 2.45) is 0 Å². The Balaban J connectivity index is 1.75. The lowest BCUT2D eigenvalue weighted by Gasteiger charge is -2.38. The van der Waals surface area contributed by atoms with Crippen molar-refractivity contribution in [2.75, 3.05) is 29.5 Å². The molecule has 8 heteroatoms. The van der Waals surface area contributed by atoms with Gasteiger partial charge in [-0.25, -0.2) is 0 Å². The third-order valence-corrected chi connectivity index (χ3v) is 7.76. The molecule has 0 saturated carbocycles. The number of likely N-dealkylation sites (tertiary alicyclic amines) is 1. The molecule has 2 aromatic rings. The van der Waals surface area contributed by atoms with E-state index in [1.54, 1.807) is 23.9 Å². The summed E-state index contributed by atoms with van der Waals surface area (Å²) in [6.45, 7) is 2.15. The number of halogens is 1. The summed E-state index contributed by atoms with van der Waals surface area (Å²) in [5, 5.41) is 22.2. The number of anilines is 2. The summed E-state index contributed by atoms with van der Waals surface area (Å²) in [7, 11) is 0. The lowest BCUT2D eigenvalue weighted by Crippen LogP contribution is -2.45. The van der Waals surface area contributed by atoms with E-state index in [9.17, 15) is 10.4 Å². The minimum Gasteiger partial charge on any atom is -0.733 e. The third kappa shape index (κ3) is 4.40. The second-order valence-corrected chi connectivity index (χ2v) is 9.34. The van der Waals surface area contributed by atoms with Crippen molar-refractivity contribution in [3.05, 3.63) is 69.4 Å². The fourth-order valence-electron chi connectivity index (χ4n) is 3.76. The minimum atomic E-state index is -0.102. The van der Waals surface area contributed by atoms with E-state index in [-0.39, 0.29) is 16.4 Å². The molecule has 2 aromatic carbocycles. The van der Waals surface area contributed by atoms with E-state index in [1.807, 2.05) is 36.0 Å². The first-order valence-electron chi connectivity index (χ1n) is 9.59. The van der Waals surface area contributed by atoms with Crippen LogP contribution in [0.3, 0.4) is 0 Å². The van der Waals surface area contributed by atoms with E-state index in [1.165, 1.54) is 29.2 Å². The molecule has 1 saturated heterocycles. The molecule has 2 aliphatic rings. The maximum atomic E-state index is 11.2. The van der Waals surface area contributed by atoms with Gasteiger partial charge < -0.3 is 15.3 Å². The summed E-state index contributed by atoms with van der Waals surface area (Å²) in [6, 6.07) is 15.1. The SMILES string of the molecule is CSC1=C(c2ccc(Cl)cc2)SC(N2CCCCC2)N1c1ccc(N([O-])O)cc1. The molecule has 5 nitrogen and oxygen atoms in total. The molecule has 1 unspecified atom stereocenters. The second-order valence-electron chi connectivity index (χ2n) is 7.05. The van der Waals surface area contributed by atoms with E-state index in [2.05, 4.69) is 28.2 Å². The predicted octanol–water partition coefficient (Wildman–Crippen LogP) is 6.05. The van der Waals surface area contributed by atoms with Crippen LogP contribution in [0.15, 0.2) is 53.6 Å². The predicted molar refractivity (Wildman–Crippen MR) is 125 cm³/mol. The quantitative estimate of drug-likeness (QED) is 0.559. The zero-order valence-electron chi connectivity index (χ0n) is 16.1. The molecule has 1 N–H and O–H groups in total. The summed E-state index contributed by atoms with van der Waals surface area (Å²) in [4.78, 5) is 6.12. The van der Waals surface area contributed by atoms with Crippen molar-refractivity contribution in [3.8, 4) is 0 Å². The van der Waals surface area contributed by atoms with Crippen LogP contribution in [0.1, 0.15) is 24.8 Å². The van der Waals surface area contributed by atoms with Gasteiger partial charge in [-0.1, -0.05) is 41.9 Å². The summed E-state index contributed by atoms with van der Waals surface area (Å²) in [5.41, 5.74) is 2.55. The molecular formula is C21H23ClN3O2S2-. The molecule has 0 bridgehead atoms. The standard InChI is InChI=1S/C21H23ClN3O2S2/c1-28-20-19(15-5-7-16(22)8-6-15)29-21(23-13-3-2-4-14-23)24(20)17-9-11-18(12-10-17)25(26)27/h5-12,21,26H,2-4,13-14H2,1H3/q-1. The van der Waals surface area contributed by atoms with Gasteiger partial charge in [0.2, 0.25) is 0 Å². The van der Waals surface area contributed by atoms with Gasteiger partial charge in [-0.3, -0.25) is 10.1 Å². The highest BCUT2D eigenvalue weighted by Crippen LogP contribution is 2.51. The van der Waals surface area contributed by atoms with E-state index >= 15 is 0 Å². The van der Waals surface area contributed by atoms with E-state index in [4.69, 9.17) is 11.6 Å². The minimum absolute atomic E-state index is 0.102. The van der Waals surface area contributed by atoms with Crippen LogP contribution >= 0.6 is 35.1 Å². The fourth-order valence-corrected chi connectivity index (χ4v) is 6.43. The van der Waals surface area contributed by atoms with Crippen LogP contribution in [-0.2, 0) is 0 Å². The molecule has 2 heterocycles. The number of hydrogen-bond donors (Lipinski definition) is 1. The smallest absolute Gasteiger partial charge is 0.140 e. The van der Waals surface area contributed by atoms with Gasteiger partial charge in [0, 0.05) is 28.7 Å². The van der Waals surface area contributed by atoms with Gasteiger partial charge in [0.05, 0.1) is 10.7 Å². The number of nitrogens with zero attached hydrogens (tertiary/aromatic N) is 3. The zero-order valence-corrected chi connectivity index (χ0v) is 18.5. The fraction of sp³-hybridized carbons (Fsp3) is 0.333. The van der Waals surface area contributed by atoms with E-state index in [0.29, 0.717) is 0 Å². The normalized spacial score (nSPS) is 20.4. The summed E-state index contributed by atoms with van der Waals surface area (Å²) in [6.07, 6.45) is 5.80. The summed E-state index contributed by atoms with van der Waals surface area (Å²) < 4.78 is 0. The van der Waals surface area contributed by atoms with Crippen LogP contribution < -0.4 is 10.1 Å². The van der Waals surface area contributed by atoms with Gasteiger partial charge in [-0.15, -0.1) is 11.8 Å². The van der Waals surface area contributed by atoms with Crippen molar-refractivity contribution in [3.63, 3.8) is 0 Å². The summed E-state index contributed by atoms with van der Waals surface area (Å²) >= 11 is 9.70. The van der Waals surface area contributed by atoms with Gasteiger partial charge in [0.1, 0.15) is 5.50 Å². The Morgan fingerprint density at radius 3 is 2.31 bits per heavy atom. The highest BCUT2D eigenvalue weighted by molar-refractivity contribution is 8.12. The largest absolute Gasteiger partial charge is 0.733 e. The average Bonchev–Trinajstić information content (AvgIpc) is 3.14. The first kappa shape index (κ1) is 20.9. The van der Waals surface area contributed by atoms with E-state index in [0.717, 1.165) is 29.4 Å². The molecule has 1 fully saturated rings. The summed E-state index contributed by atoms with van der Waals surface area (Å²) in [5.74, 6) is 0. The van der Waals surface area contributed by atoms with Crippen LogP contribution in [0.2, 0.25) is 5.02 Å². The number of benzene rings is 2. The molecule has 1 atom stereocenters. The van der Waals surface area contributed by atoms with Crippen LogP contribution in [0.5, 0.6) is 0 Å². The lowest BCUT2D eigenvalue weighted by atomic mass is 10.1. The molecule has 154 valence electrons. The lowest BCUT2D eigenvalue weighted by molar-refractivity contribution is 0.216. The third-order valence-electron chi connectivity index (χ3n) is 5.21. The molecule has 0 radical (unpaired) electrons. The first-order valence-corrected chi connectivity index (χ1v) is 12.1. The Bertz CT molecular complexity index is 868. The maximum absolute atomic E-state index is 11.2. The molecule has 4 rings (SSSR count). The average molecular weight is 449 g/mol. The number of piperidine rings is 1. The van der Waals surface area contributed by atoms with Crippen LogP contribution in [0.25, 0.3) is 4.91 Å². The van der Waals surface area contributed by atoms with Crippen molar-refractivity contribution >= 4 is 51.4 Å². The molecular weight excluding hydrogens is 426 g/mol. The van der Waals surface area contributed by atoms with Gasteiger partial charge in [-0.05, 0) is 61.1 Å².